The van der Waals surface area contributed by atoms with Crippen LogP contribution in [0.4, 0.5) is 0 Å². The van der Waals surface area contributed by atoms with Crippen LogP contribution in [-0.4, -0.2) is 23.5 Å². The summed E-state index contributed by atoms with van der Waals surface area (Å²) in [5, 5.41) is 2.52. The van der Waals surface area contributed by atoms with Crippen LogP contribution in [0.15, 0.2) is 24.3 Å². The second kappa shape index (κ2) is 8.99. The number of thiocarbonyl (C=S) groups is 1. The summed E-state index contributed by atoms with van der Waals surface area (Å²) >= 11 is 4.89. The Hall–Kier alpha value is -2.15. The van der Waals surface area contributed by atoms with Gasteiger partial charge in [0, 0.05) is 6.42 Å². The number of rotatable bonds is 5. The van der Waals surface area contributed by atoms with Crippen molar-refractivity contribution in [2.45, 2.75) is 27.2 Å². The summed E-state index contributed by atoms with van der Waals surface area (Å²) in [5.74, 6) is 0.243. The molecule has 0 atom stereocenters. The Morgan fingerprint density at radius 2 is 1.77 bits per heavy atom. The lowest BCUT2D eigenvalue weighted by atomic mass is 10.1. The van der Waals surface area contributed by atoms with Gasteiger partial charge in [0.05, 0.1) is 0 Å². The fourth-order valence-electron chi connectivity index (χ4n) is 1.53. The average molecular weight is 323 g/mol. The van der Waals surface area contributed by atoms with E-state index in [0.29, 0.717) is 12.2 Å². The highest BCUT2D eigenvalue weighted by Gasteiger charge is 2.08. The zero-order valence-corrected chi connectivity index (χ0v) is 13.8. The molecule has 0 saturated carbocycles. The quantitative estimate of drug-likeness (QED) is 0.564. The highest BCUT2D eigenvalue weighted by Crippen LogP contribution is 2.10. The Kier molecular flexibility index (Phi) is 7.31. The highest BCUT2D eigenvalue weighted by atomic mass is 32.1. The molecule has 7 heteroatoms. The molecule has 0 unspecified atom stereocenters. The summed E-state index contributed by atoms with van der Waals surface area (Å²) in [7, 11) is 0. The number of carbonyl (C=O) groups is 2. The zero-order chi connectivity index (χ0) is 16.5. The molecule has 0 saturated heterocycles. The van der Waals surface area contributed by atoms with E-state index in [1.165, 1.54) is 0 Å². The van der Waals surface area contributed by atoms with Gasteiger partial charge in [0.25, 0.3) is 5.91 Å². The van der Waals surface area contributed by atoms with Gasteiger partial charge in [0.15, 0.2) is 11.7 Å². The van der Waals surface area contributed by atoms with Gasteiger partial charge < -0.3 is 10.1 Å². The maximum Gasteiger partial charge on any atom is 0.276 e. The molecule has 0 fully saturated rings. The summed E-state index contributed by atoms with van der Waals surface area (Å²) in [4.78, 5) is 23.1. The molecule has 0 bridgehead atoms. The van der Waals surface area contributed by atoms with E-state index in [-0.39, 0.29) is 23.5 Å². The normalized spacial score (nSPS) is 10.0. The number of benzene rings is 1. The van der Waals surface area contributed by atoms with Crippen molar-refractivity contribution in [2.75, 3.05) is 6.61 Å². The number of aryl methyl sites for hydroxylation is 1. The lowest BCUT2D eigenvalue weighted by Crippen LogP contribution is -2.49. The molecule has 0 spiro atoms. The summed E-state index contributed by atoms with van der Waals surface area (Å²) < 4.78 is 5.31. The van der Waals surface area contributed by atoms with Crippen molar-refractivity contribution in [3.05, 3.63) is 29.8 Å². The predicted molar refractivity (Wildman–Crippen MR) is 88.1 cm³/mol. The highest BCUT2D eigenvalue weighted by molar-refractivity contribution is 7.80. The van der Waals surface area contributed by atoms with Crippen molar-refractivity contribution >= 4 is 29.1 Å². The number of ether oxygens (including phenoxy) is 1. The van der Waals surface area contributed by atoms with Crippen molar-refractivity contribution in [1.82, 2.24) is 16.2 Å². The van der Waals surface area contributed by atoms with E-state index in [1.54, 1.807) is 12.1 Å². The molecular weight excluding hydrogens is 302 g/mol. The first kappa shape index (κ1) is 17.9. The van der Waals surface area contributed by atoms with Gasteiger partial charge in [-0.05, 0) is 37.2 Å². The monoisotopic (exact) mass is 323 g/mol. The number of hydrogen-bond donors (Lipinski definition) is 3. The van der Waals surface area contributed by atoms with Crippen LogP contribution in [0.2, 0.25) is 0 Å². The van der Waals surface area contributed by atoms with Gasteiger partial charge in [-0.1, -0.05) is 31.5 Å². The Balaban J connectivity index is 2.23. The lowest BCUT2D eigenvalue weighted by molar-refractivity contribution is -0.124. The molecule has 22 heavy (non-hydrogen) atoms. The van der Waals surface area contributed by atoms with Crippen molar-refractivity contribution in [3.63, 3.8) is 0 Å². The average Bonchev–Trinajstić information content (AvgIpc) is 2.43. The number of carbonyl (C=O) groups excluding carboxylic acids is 2. The van der Waals surface area contributed by atoms with E-state index < -0.39 is 5.91 Å². The first-order chi connectivity index (χ1) is 10.4. The van der Waals surface area contributed by atoms with Gasteiger partial charge in [0.1, 0.15) is 5.75 Å². The van der Waals surface area contributed by atoms with Crippen LogP contribution in [0.5, 0.6) is 5.75 Å². The minimum atomic E-state index is -0.402. The Bertz CT molecular complexity index is 529. The fourth-order valence-corrected chi connectivity index (χ4v) is 1.69. The largest absolute Gasteiger partial charge is 0.484 e. The molecule has 0 aliphatic heterocycles. The minimum absolute atomic E-state index is 0.0503. The van der Waals surface area contributed by atoms with E-state index in [2.05, 4.69) is 16.2 Å². The molecule has 1 aromatic rings. The van der Waals surface area contributed by atoms with Gasteiger partial charge in [-0.2, -0.15) is 0 Å². The molecule has 0 aromatic heterocycles. The van der Waals surface area contributed by atoms with Crippen molar-refractivity contribution in [3.8, 4) is 5.75 Å². The van der Waals surface area contributed by atoms with Crippen LogP contribution in [0.1, 0.15) is 25.8 Å². The van der Waals surface area contributed by atoms with Crippen molar-refractivity contribution in [2.24, 2.45) is 5.92 Å². The second-order valence-corrected chi connectivity index (χ2v) is 5.66. The zero-order valence-electron chi connectivity index (χ0n) is 12.9. The third-order valence-corrected chi connectivity index (χ3v) is 2.76. The summed E-state index contributed by atoms with van der Waals surface area (Å²) in [6.07, 6.45) is 0.367. The van der Waals surface area contributed by atoms with Crippen molar-refractivity contribution in [1.29, 1.82) is 0 Å². The predicted octanol–water partition coefficient (Wildman–Crippen LogP) is 1.44. The molecule has 1 aromatic carbocycles. The molecule has 0 heterocycles. The first-order valence-electron chi connectivity index (χ1n) is 6.95. The van der Waals surface area contributed by atoms with E-state index in [4.69, 9.17) is 17.0 Å². The maximum absolute atomic E-state index is 11.6. The van der Waals surface area contributed by atoms with Crippen LogP contribution in [0.3, 0.4) is 0 Å². The Labute approximate surface area is 135 Å². The molecule has 2 amide bonds. The Morgan fingerprint density at radius 3 is 2.36 bits per heavy atom. The molecule has 0 aliphatic rings. The molecule has 6 nitrogen and oxygen atoms in total. The van der Waals surface area contributed by atoms with E-state index in [0.717, 1.165) is 5.56 Å². The molecular formula is C15H21N3O3S. The van der Waals surface area contributed by atoms with E-state index in [1.807, 2.05) is 32.9 Å². The van der Waals surface area contributed by atoms with Gasteiger partial charge in [-0.25, -0.2) is 0 Å². The van der Waals surface area contributed by atoms with Gasteiger partial charge in [-0.15, -0.1) is 0 Å². The minimum Gasteiger partial charge on any atom is -0.484 e. The van der Waals surface area contributed by atoms with Crippen molar-refractivity contribution < 1.29 is 14.3 Å². The van der Waals surface area contributed by atoms with Gasteiger partial charge in [-0.3, -0.25) is 20.4 Å². The Morgan fingerprint density at radius 1 is 1.14 bits per heavy atom. The molecule has 1 rings (SSSR count). The van der Waals surface area contributed by atoms with E-state index in [9.17, 15) is 9.59 Å². The fraction of sp³-hybridized carbons (Fsp3) is 0.400. The first-order valence-corrected chi connectivity index (χ1v) is 7.35. The smallest absolute Gasteiger partial charge is 0.276 e. The third kappa shape index (κ3) is 7.58. The van der Waals surface area contributed by atoms with Crippen LogP contribution in [0, 0.1) is 12.8 Å². The molecule has 120 valence electrons. The maximum atomic E-state index is 11.6. The summed E-state index contributed by atoms with van der Waals surface area (Å²) in [6, 6.07) is 7.36. The molecule has 3 N–H and O–H groups in total. The number of hydrogen-bond acceptors (Lipinski definition) is 4. The standard InChI is InChI=1S/C15H21N3O3S/c1-10(2)8-13(19)16-15(22)18-17-14(20)9-21-12-6-4-11(3)5-7-12/h4-7,10H,8-9H2,1-3H3,(H,17,20)(H2,16,18,19,22). The second-order valence-electron chi connectivity index (χ2n) is 5.25. The van der Waals surface area contributed by atoms with Crippen LogP contribution < -0.4 is 20.9 Å². The molecule has 0 aliphatic carbocycles. The number of hydrazine groups is 1. The SMILES string of the molecule is Cc1ccc(OCC(=O)NNC(=S)NC(=O)CC(C)C)cc1. The summed E-state index contributed by atoms with van der Waals surface area (Å²) in [5.41, 5.74) is 5.92. The van der Waals surface area contributed by atoms with E-state index >= 15 is 0 Å². The van der Waals surface area contributed by atoms with Gasteiger partial charge >= 0.3 is 0 Å². The van der Waals surface area contributed by atoms with Crippen LogP contribution in [0.25, 0.3) is 0 Å². The lowest BCUT2D eigenvalue weighted by Gasteiger charge is -2.12. The molecule has 0 radical (unpaired) electrons. The van der Waals surface area contributed by atoms with Crippen LogP contribution >= 0.6 is 12.2 Å². The summed E-state index contributed by atoms with van der Waals surface area (Å²) in [6.45, 7) is 5.67. The number of amides is 2. The van der Waals surface area contributed by atoms with Crippen LogP contribution in [-0.2, 0) is 9.59 Å². The third-order valence-electron chi connectivity index (χ3n) is 2.55. The number of nitrogens with one attached hydrogen (secondary N) is 3. The van der Waals surface area contributed by atoms with Gasteiger partial charge in [0.2, 0.25) is 5.91 Å². The topological polar surface area (TPSA) is 79.5 Å².